The van der Waals surface area contributed by atoms with Crippen molar-refractivity contribution in [3.63, 3.8) is 0 Å². The van der Waals surface area contributed by atoms with Gasteiger partial charge in [-0.1, -0.05) is 23.2 Å². The van der Waals surface area contributed by atoms with Gasteiger partial charge in [0.1, 0.15) is 0 Å². The molecule has 21 heavy (non-hydrogen) atoms. The molecule has 0 radical (unpaired) electrons. The third kappa shape index (κ3) is 5.00. The third-order valence-corrected chi connectivity index (χ3v) is 3.57. The summed E-state index contributed by atoms with van der Waals surface area (Å²) in [7, 11) is 0. The Morgan fingerprint density at radius 3 is 2.48 bits per heavy atom. The topological polar surface area (TPSA) is 71.1 Å². The molecule has 1 aromatic carbocycles. The first kappa shape index (κ1) is 15.8. The molecule has 8 heteroatoms. The van der Waals surface area contributed by atoms with Crippen molar-refractivity contribution >= 4 is 57.2 Å². The zero-order chi connectivity index (χ0) is 15.4. The molecule has 2 rings (SSSR count). The van der Waals surface area contributed by atoms with Gasteiger partial charge in [-0.15, -0.1) is 11.3 Å². The molecule has 0 spiro atoms. The molecule has 0 bridgehead atoms. The van der Waals surface area contributed by atoms with Crippen LogP contribution in [0.25, 0.3) is 0 Å². The number of aromatic nitrogens is 1. The predicted molar refractivity (Wildman–Crippen MR) is 85.2 cm³/mol. The van der Waals surface area contributed by atoms with Gasteiger partial charge in [-0.05, 0) is 18.2 Å². The molecular formula is C13H11Cl2N3O2S. The first-order chi connectivity index (χ1) is 9.92. The Balaban J connectivity index is 1.98. The molecule has 0 aliphatic carbocycles. The fourth-order valence-corrected chi connectivity index (χ4v) is 2.87. The van der Waals surface area contributed by atoms with Crippen LogP contribution < -0.4 is 10.6 Å². The summed E-state index contributed by atoms with van der Waals surface area (Å²) in [5, 5.41) is 8.33. The van der Waals surface area contributed by atoms with Gasteiger partial charge in [0.2, 0.25) is 11.8 Å². The molecule has 0 atom stereocenters. The minimum atomic E-state index is -0.243. The fraction of sp³-hybridized carbons (Fsp3) is 0.154. The van der Waals surface area contributed by atoms with Gasteiger partial charge in [0, 0.05) is 28.0 Å². The smallest absolute Gasteiger partial charge is 0.230 e. The summed E-state index contributed by atoms with van der Waals surface area (Å²) >= 11 is 13.0. The number of hydrogen-bond acceptors (Lipinski definition) is 4. The van der Waals surface area contributed by atoms with Crippen LogP contribution in [0.4, 0.5) is 10.8 Å². The summed E-state index contributed by atoms with van der Waals surface area (Å²) in [6, 6.07) is 4.79. The number of thiazole rings is 1. The van der Waals surface area contributed by atoms with E-state index in [1.54, 1.807) is 23.6 Å². The van der Waals surface area contributed by atoms with E-state index in [-0.39, 0.29) is 18.2 Å². The Hall–Kier alpha value is -1.63. The average Bonchev–Trinajstić information content (AvgIpc) is 2.73. The van der Waals surface area contributed by atoms with Gasteiger partial charge in [-0.3, -0.25) is 9.59 Å². The summed E-state index contributed by atoms with van der Waals surface area (Å²) in [6.07, 6.45) is 0.0974. The lowest BCUT2D eigenvalue weighted by molar-refractivity contribution is -0.116. The van der Waals surface area contributed by atoms with Gasteiger partial charge >= 0.3 is 0 Å². The van der Waals surface area contributed by atoms with Crippen molar-refractivity contribution < 1.29 is 9.59 Å². The maximum Gasteiger partial charge on any atom is 0.230 e. The van der Waals surface area contributed by atoms with Crippen LogP contribution in [0.5, 0.6) is 0 Å². The second-order valence-electron chi connectivity index (χ2n) is 4.21. The number of nitrogens with zero attached hydrogens (tertiary/aromatic N) is 1. The van der Waals surface area contributed by atoms with Crippen molar-refractivity contribution in [1.29, 1.82) is 0 Å². The zero-order valence-corrected chi connectivity index (χ0v) is 13.3. The standard InChI is InChI=1S/C13H11Cl2N3O2S/c1-7(19)16-13-18-11(6-21-13)5-12(20)17-10-3-8(14)2-9(15)4-10/h2-4,6H,5H2,1H3,(H,17,20)(H,16,18,19). The number of hydrogen-bond donors (Lipinski definition) is 2. The van der Waals surface area contributed by atoms with Gasteiger partial charge in [0.25, 0.3) is 0 Å². The van der Waals surface area contributed by atoms with Crippen molar-refractivity contribution in [3.05, 3.63) is 39.3 Å². The molecule has 1 aromatic heterocycles. The maximum absolute atomic E-state index is 11.9. The maximum atomic E-state index is 11.9. The molecule has 0 unspecified atom stereocenters. The number of carbonyl (C=O) groups excluding carboxylic acids is 2. The Morgan fingerprint density at radius 1 is 1.19 bits per heavy atom. The van der Waals surface area contributed by atoms with E-state index >= 15 is 0 Å². The van der Waals surface area contributed by atoms with Crippen LogP contribution in [0.1, 0.15) is 12.6 Å². The van der Waals surface area contributed by atoms with Crippen LogP contribution >= 0.6 is 34.5 Å². The van der Waals surface area contributed by atoms with Crippen LogP contribution in [-0.4, -0.2) is 16.8 Å². The van der Waals surface area contributed by atoms with Crippen molar-refractivity contribution in [2.45, 2.75) is 13.3 Å². The van der Waals surface area contributed by atoms with E-state index in [1.807, 2.05) is 0 Å². The summed E-state index contributed by atoms with van der Waals surface area (Å²) in [4.78, 5) is 27.0. The molecule has 2 amide bonds. The number of anilines is 2. The quantitative estimate of drug-likeness (QED) is 0.890. The molecule has 2 N–H and O–H groups in total. The highest BCUT2D eigenvalue weighted by atomic mass is 35.5. The Labute approximate surface area is 135 Å². The average molecular weight is 344 g/mol. The largest absolute Gasteiger partial charge is 0.326 e. The lowest BCUT2D eigenvalue weighted by atomic mass is 10.3. The van der Waals surface area contributed by atoms with Gasteiger partial charge in [-0.25, -0.2) is 4.98 Å². The molecule has 0 saturated carbocycles. The summed E-state index contributed by atoms with van der Waals surface area (Å²) in [5.41, 5.74) is 1.10. The number of benzene rings is 1. The SMILES string of the molecule is CC(=O)Nc1nc(CC(=O)Nc2cc(Cl)cc(Cl)c2)cs1. The predicted octanol–water partition coefficient (Wildman–Crippen LogP) is 3.59. The van der Waals surface area contributed by atoms with Crippen LogP contribution in [-0.2, 0) is 16.0 Å². The fourth-order valence-electron chi connectivity index (χ4n) is 1.59. The van der Waals surface area contributed by atoms with E-state index in [0.717, 1.165) is 0 Å². The van der Waals surface area contributed by atoms with E-state index in [2.05, 4.69) is 15.6 Å². The number of halogens is 2. The molecule has 0 aliphatic rings. The highest BCUT2D eigenvalue weighted by molar-refractivity contribution is 7.13. The molecule has 110 valence electrons. The van der Waals surface area contributed by atoms with E-state index in [4.69, 9.17) is 23.2 Å². The molecule has 2 aromatic rings. The van der Waals surface area contributed by atoms with Gasteiger partial charge in [-0.2, -0.15) is 0 Å². The first-order valence-corrected chi connectivity index (χ1v) is 7.54. The first-order valence-electron chi connectivity index (χ1n) is 5.90. The molecular weight excluding hydrogens is 333 g/mol. The zero-order valence-electron chi connectivity index (χ0n) is 10.9. The normalized spacial score (nSPS) is 10.2. The minimum Gasteiger partial charge on any atom is -0.326 e. The van der Waals surface area contributed by atoms with Gasteiger partial charge in [0.15, 0.2) is 5.13 Å². The van der Waals surface area contributed by atoms with E-state index in [1.165, 1.54) is 18.3 Å². The van der Waals surface area contributed by atoms with Crippen LogP contribution in [0, 0.1) is 0 Å². The minimum absolute atomic E-state index is 0.0974. The van der Waals surface area contributed by atoms with Crippen LogP contribution in [0.15, 0.2) is 23.6 Å². The molecule has 5 nitrogen and oxygen atoms in total. The van der Waals surface area contributed by atoms with Gasteiger partial charge < -0.3 is 10.6 Å². The summed E-state index contributed by atoms with van der Waals surface area (Å²) in [5.74, 6) is -0.443. The van der Waals surface area contributed by atoms with Crippen molar-refractivity contribution in [3.8, 4) is 0 Å². The molecule has 0 saturated heterocycles. The van der Waals surface area contributed by atoms with Crippen molar-refractivity contribution in [2.75, 3.05) is 10.6 Å². The lowest BCUT2D eigenvalue weighted by Crippen LogP contribution is -2.14. The second-order valence-corrected chi connectivity index (χ2v) is 5.94. The third-order valence-electron chi connectivity index (χ3n) is 2.32. The van der Waals surface area contributed by atoms with E-state index < -0.39 is 0 Å². The van der Waals surface area contributed by atoms with E-state index in [9.17, 15) is 9.59 Å². The van der Waals surface area contributed by atoms with Crippen LogP contribution in [0.2, 0.25) is 10.0 Å². The highest BCUT2D eigenvalue weighted by Gasteiger charge is 2.09. The number of amides is 2. The second kappa shape index (κ2) is 6.89. The Bertz CT molecular complexity index is 668. The van der Waals surface area contributed by atoms with Crippen molar-refractivity contribution in [2.24, 2.45) is 0 Å². The number of rotatable bonds is 4. The molecule has 1 heterocycles. The summed E-state index contributed by atoms with van der Waals surface area (Å²) in [6.45, 7) is 1.40. The number of nitrogens with one attached hydrogen (secondary N) is 2. The summed E-state index contributed by atoms with van der Waals surface area (Å²) < 4.78 is 0. The van der Waals surface area contributed by atoms with Gasteiger partial charge in [0.05, 0.1) is 12.1 Å². The van der Waals surface area contributed by atoms with Crippen molar-refractivity contribution in [1.82, 2.24) is 4.98 Å². The number of carbonyl (C=O) groups is 2. The Kier molecular flexibility index (Phi) is 5.17. The highest BCUT2D eigenvalue weighted by Crippen LogP contribution is 2.23. The Morgan fingerprint density at radius 2 is 1.86 bits per heavy atom. The monoisotopic (exact) mass is 343 g/mol. The molecule has 0 fully saturated rings. The van der Waals surface area contributed by atoms with E-state index in [0.29, 0.717) is 26.6 Å². The lowest BCUT2D eigenvalue weighted by Gasteiger charge is -2.05. The molecule has 0 aliphatic heterocycles. The van der Waals surface area contributed by atoms with Crippen LogP contribution in [0.3, 0.4) is 0 Å².